The van der Waals surface area contributed by atoms with Gasteiger partial charge in [0.2, 0.25) is 0 Å². The second-order valence-electron chi connectivity index (χ2n) is 6.83. The molecule has 1 fully saturated rings. The second kappa shape index (κ2) is 7.17. The number of aliphatic hydroxyl groups is 1. The molecule has 1 aliphatic heterocycles. The van der Waals surface area contributed by atoms with Gasteiger partial charge in [-0.15, -0.1) is 0 Å². The van der Waals surface area contributed by atoms with Crippen molar-refractivity contribution >= 4 is 11.9 Å². The van der Waals surface area contributed by atoms with E-state index in [2.05, 4.69) is 9.88 Å². The molecule has 1 aromatic heterocycles. The summed E-state index contributed by atoms with van der Waals surface area (Å²) in [6.07, 6.45) is 1.69. The fourth-order valence-corrected chi connectivity index (χ4v) is 2.46. The van der Waals surface area contributed by atoms with Gasteiger partial charge in [0, 0.05) is 32.4 Å². The standard InChI is InChI=1S/C17H27N3O3/c1-5-14(21)13-6-7-15(18-12-13)19-8-10-20(11-9-19)16(22)23-17(2,3)4/h6-7,12,14,21H,5,8-11H2,1-4H3/t14-/m1/s1. The number of pyridine rings is 1. The van der Waals surface area contributed by atoms with Gasteiger partial charge in [-0.3, -0.25) is 0 Å². The van der Waals surface area contributed by atoms with Crippen LogP contribution < -0.4 is 4.90 Å². The summed E-state index contributed by atoms with van der Waals surface area (Å²) in [5, 5.41) is 9.81. The minimum atomic E-state index is -0.467. The zero-order valence-electron chi connectivity index (χ0n) is 14.5. The molecule has 1 N–H and O–H groups in total. The highest BCUT2D eigenvalue weighted by molar-refractivity contribution is 5.68. The molecule has 0 aliphatic carbocycles. The zero-order chi connectivity index (χ0) is 17.0. The van der Waals surface area contributed by atoms with E-state index in [1.165, 1.54) is 0 Å². The van der Waals surface area contributed by atoms with Crippen molar-refractivity contribution in [2.24, 2.45) is 0 Å². The van der Waals surface area contributed by atoms with Crippen LogP contribution in [-0.4, -0.2) is 52.9 Å². The Labute approximate surface area is 138 Å². The second-order valence-corrected chi connectivity index (χ2v) is 6.83. The molecule has 23 heavy (non-hydrogen) atoms. The number of aromatic nitrogens is 1. The monoisotopic (exact) mass is 321 g/mol. The fourth-order valence-electron chi connectivity index (χ4n) is 2.46. The molecule has 6 heteroatoms. The third-order valence-corrected chi connectivity index (χ3v) is 3.80. The van der Waals surface area contributed by atoms with Crippen LogP contribution in [-0.2, 0) is 4.74 Å². The molecule has 1 aliphatic rings. The number of nitrogens with zero attached hydrogens (tertiary/aromatic N) is 3. The van der Waals surface area contributed by atoms with Crippen LogP contribution >= 0.6 is 0 Å². The molecule has 0 radical (unpaired) electrons. The number of ether oxygens (including phenoxy) is 1. The highest BCUT2D eigenvalue weighted by Crippen LogP contribution is 2.20. The molecule has 128 valence electrons. The first-order valence-electron chi connectivity index (χ1n) is 8.17. The van der Waals surface area contributed by atoms with Crippen LogP contribution in [0, 0.1) is 0 Å². The van der Waals surface area contributed by atoms with Crippen LogP contribution in [0.25, 0.3) is 0 Å². The maximum atomic E-state index is 12.1. The number of aliphatic hydroxyl groups excluding tert-OH is 1. The van der Waals surface area contributed by atoms with Gasteiger partial charge in [-0.2, -0.15) is 0 Å². The van der Waals surface area contributed by atoms with Gasteiger partial charge in [0.25, 0.3) is 0 Å². The van der Waals surface area contributed by atoms with Gasteiger partial charge in [-0.05, 0) is 38.8 Å². The quantitative estimate of drug-likeness (QED) is 0.927. The minimum absolute atomic E-state index is 0.258. The summed E-state index contributed by atoms with van der Waals surface area (Å²) >= 11 is 0. The van der Waals surface area contributed by atoms with E-state index in [9.17, 15) is 9.90 Å². The molecule has 0 bridgehead atoms. The lowest BCUT2D eigenvalue weighted by Gasteiger charge is -2.36. The first-order valence-corrected chi connectivity index (χ1v) is 8.17. The van der Waals surface area contributed by atoms with E-state index in [-0.39, 0.29) is 6.09 Å². The van der Waals surface area contributed by atoms with Crippen LogP contribution in [0.3, 0.4) is 0 Å². The lowest BCUT2D eigenvalue weighted by atomic mass is 10.1. The molecule has 0 saturated carbocycles. The molecule has 0 unspecified atom stereocenters. The van der Waals surface area contributed by atoms with Gasteiger partial charge < -0.3 is 19.6 Å². The molecular formula is C17H27N3O3. The van der Waals surface area contributed by atoms with E-state index in [4.69, 9.17) is 4.74 Å². The average Bonchev–Trinajstić information content (AvgIpc) is 2.53. The topological polar surface area (TPSA) is 65.9 Å². The van der Waals surface area contributed by atoms with Gasteiger partial charge in [0.15, 0.2) is 0 Å². The van der Waals surface area contributed by atoms with Crippen molar-refractivity contribution in [3.8, 4) is 0 Å². The predicted molar refractivity (Wildman–Crippen MR) is 89.5 cm³/mol. The first kappa shape index (κ1) is 17.5. The molecule has 1 saturated heterocycles. The van der Waals surface area contributed by atoms with Crippen LogP contribution in [0.2, 0.25) is 0 Å². The van der Waals surface area contributed by atoms with Crippen molar-refractivity contribution in [3.63, 3.8) is 0 Å². The zero-order valence-corrected chi connectivity index (χ0v) is 14.5. The van der Waals surface area contributed by atoms with Crippen molar-refractivity contribution < 1.29 is 14.6 Å². The molecule has 0 spiro atoms. The summed E-state index contributed by atoms with van der Waals surface area (Å²) in [7, 11) is 0. The normalized spacial score (nSPS) is 17.1. The average molecular weight is 321 g/mol. The Hall–Kier alpha value is -1.82. The third kappa shape index (κ3) is 4.82. The number of rotatable bonds is 3. The van der Waals surface area contributed by atoms with Crippen LogP contribution in [0.5, 0.6) is 0 Å². The summed E-state index contributed by atoms with van der Waals surface area (Å²) < 4.78 is 5.40. The van der Waals surface area contributed by atoms with E-state index in [1.807, 2.05) is 39.8 Å². The molecular weight excluding hydrogens is 294 g/mol. The van der Waals surface area contributed by atoms with Crippen LogP contribution in [0.15, 0.2) is 18.3 Å². The minimum Gasteiger partial charge on any atom is -0.444 e. The molecule has 1 atom stereocenters. The van der Waals surface area contributed by atoms with Gasteiger partial charge in [-0.25, -0.2) is 9.78 Å². The molecule has 2 heterocycles. The van der Waals surface area contributed by atoms with E-state index >= 15 is 0 Å². The van der Waals surface area contributed by atoms with Crippen molar-refractivity contribution in [2.45, 2.75) is 45.8 Å². The Morgan fingerprint density at radius 3 is 2.43 bits per heavy atom. The van der Waals surface area contributed by atoms with Crippen molar-refractivity contribution in [1.29, 1.82) is 0 Å². The van der Waals surface area contributed by atoms with E-state index in [0.29, 0.717) is 19.5 Å². The summed E-state index contributed by atoms with van der Waals surface area (Å²) in [4.78, 5) is 20.4. The number of amides is 1. The summed E-state index contributed by atoms with van der Waals surface area (Å²) in [6, 6.07) is 3.84. The summed E-state index contributed by atoms with van der Waals surface area (Å²) in [5.74, 6) is 0.876. The highest BCUT2D eigenvalue weighted by Gasteiger charge is 2.26. The lowest BCUT2D eigenvalue weighted by Crippen LogP contribution is -2.50. The van der Waals surface area contributed by atoms with Gasteiger partial charge in [0.1, 0.15) is 11.4 Å². The van der Waals surface area contributed by atoms with E-state index < -0.39 is 11.7 Å². The number of piperazine rings is 1. The SMILES string of the molecule is CC[C@@H](O)c1ccc(N2CCN(C(=O)OC(C)(C)C)CC2)nc1. The molecule has 2 rings (SSSR count). The van der Waals surface area contributed by atoms with Gasteiger partial charge in [0.05, 0.1) is 6.10 Å². The fraction of sp³-hybridized carbons (Fsp3) is 0.647. The van der Waals surface area contributed by atoms with Crippen molar-refractivity contribution in [3.05, 3.63) is 23.9 Å². The number of anilines is 1. The first-order chi connectivity index (χ1) is 10.8. The smallest absolute Gasteiger partial charge is 0.410 e. The predicted octanol–water partition coefficient (Wildman–Crippen LogP) is 2.58. The Morgan fingerprint density at radius 2 is 1.96 bits per heavy atom. The van der Waals surface area contributed by atoms with Crippen molar-refractivity contribution in [1.82, 2.24) is 9.88 Å². The lowest BCUT2D eigenvalue weighted by molar-refractivity contribution is 0.0240. The maximum absolute atomic E-state index is 12.1. The van der Waals surface area contributed by atoms with Crippen LogP contribution in [0.1, 0.15) is 45.8 Å². The molecule has 1 aromatic rings. The third-order valence-electron chi connectivity index (χ3n) is 3.80. The van der Waals surface area contributed by atoms with Crippen LogP contribution in [0.4, 0.5) is 10.6 Å². The summed E-state index contributed by atoms with van der Waals surface area (Å²) in [6.45, 7) is 10.2. The largest absolute Gasteiger partial charge is 0.444 e. The van der Waals surface area contributed by atoms with E-state index in [0.717, 1.165) is 24.5 Å². The number of carbonyl (C=O) groups is 1. The van der Waals surface area contributed by atoms with Gasteiger partial charge >= 0.3 is 6.09 Å². The van der Waals surface area contributed by atoms with Crippen molar-refractivity contribution in [2.75, 3.05) is 31.1 Å². The maximum Gasteiger partial charge on any atom is 0.410 e. The Morgan fingerprint density at radius 1 is 1.30 bits per heavy atom. The Kier molecular flexibility index (Phi) is 5.46. The Bertz CT molecular complexity index is 517. The number of carbonyl (C=O) groups excluding carboxylic acids is 1. The van der Waals surface area contributed by atoms with E-state index in [1.54, 1.807) is 11.1 Å². The Balaban J connectivity index is 1.90. The molecule has 1 amide bonds. The summed E-state index contributed by atoms with van der Waals surface area (Å²) in [5.41, 5.74) is 0.370. The highest BCUT2D eigenvalue weighted by atomic mass is 16.6. The van der Waals surface area contributed by atoms with Gasteiger partial charge in [-0.1, -0.05) is 13.0 Å². The molecule has 0 aromatic carbocycles. The number of hydrogen-bond acceptors (Lipinski definition) is 5. The molecule has 6 nitrogen and oxygen atoms in total. The number of hydrogen-bond donors (Lipinski definition) is 1.